The van der Waals surface area contributed by atoms with Crippen molar-refractivity contribution in [1.29, 1.82) is 0 Å². The molecule has 5 nitrogen and oxygen atoms in total. The first kappa shape index (κ1) is 13.9. The molecule has 0 aliphatic carbocycles. The largest absolute Gasteiger partial charge is 0.481 e. The fourth-order valence-electron chi connectivity index (χ4n) is 2.35. The predicted molar refractivity (Wildman–Crippen MR) is 72.4 cm³/mol. The molecule has 1 N–H and O–H groups in total. The molecule has 1 aromatic rings. The molecule has 1 aliphatic heterocycles. The van der Waals surface area contributed by atoms with Gasteiger partial charge in [-0.05, 0) is 37.1 Å². The molecular weight excluding hydrogens is 266 g/mol. The van der Waals surface area contributed by atoms with Crippen molar-refractivity contribution in [2.24, 2.45) is 0 Å². The van der Waals surface area contributed by atoms with E-state index in [0.29, 0.717) is 10.6 Å². The molecule has 2 rings (SSSR count). The van der Waals surface area contributed by atoms with Crippen molar-refractivity contribution >= 4 is 21.5 Å². The number of rotatable bonds is 2. The minimum absolute atomic E-state index is 0.148. The average molecular weight is 283 g/mol. The van der Waals surface area contributed by atoms with Gasteiger partial charge in [0.05, 0.1) is 28.8 Å². The first-order valence-electron chi connectivity index (χ1n) is 6.01. The topological polar surface area (TPSA) is 74.7 Å². The summed E-state index contributed by atoms with van der Waals surface area (Å²) < 4.78 is 24.5. The maximum absolute atomic E-state index is 12.3. The van der Waals surface area contributed by atoms with E-state index in [-0.39, 0.29) is 12.2 Å². The fourth-order valence-corrected chi connectivity index (χ4v) is 4.25. The minimum Gasteiger partial charge on any atom is -0.481 e. The summed E-state index contributed by atoms with van der Waals surface area (Å²) in [6.07, 6.45) is -0.178. The summed E-state index contributed by atoms with van der Waals surface area (Å²) >= 11 is 0. The Bertz CT molecular complexity index is 636. The van der Waals surface area contributed by atoms with Crippen LogP contribution in [-0.2, 0) is 14.6 Å². The summed E-state index contributed by atoms with van der Waals surface area (Å²) in [6, 6.07) is 2.97. The lowest BCUT2D eigenvalue weighted by atomic mass is 10.1. The molecule has 6 heteroatoms. The second-order valence-electron chi connectivity index (χ2n) is 5.05. The van der Waals surface area contributed by atoms with Crippen molar-refractivity contribution in [3.8, 4) is 0 Å². The number of aliphatic carboxylic acids is 1. The SMILES string of the molecule is Cc1cc2c(cc1C)S(=O)(=O)CC(CC(=O)O)N2C. The van der Waals surface area contributed by atoms with E-state index in [0.717, 1.165) is 11.1 Å². The molecule has 0 saturated carbocycles. The van der Waals surface area contributed by atoms with Gasteiger partial charge in [-0.3, -0.25) is 4.79 Å². The van der Waals surface area contributed by atoms with Crippen molar-refractivity contribution in [3.63, 3.8) is 0 Å². The maximum atomic E-state index is 12.3. The second kappa shape index (κ2) is 4.52. The number of sulfone groups is 1. The number of hydrogen-bond acceptors (Lipinski definition) is 4. The highest BCUT2D eigenvalue weighted by Gasteiger charge is 2.35. The number of carboxylic acids is 1. The molecule has 1 aromatic carbocycles. The van der Waals surface area contributed by atoms with Crippen LogP contribution in [0.15, 0.2) is 17.0 Å². The Labute approximate surface area is 112 Å². The molecule has 0 aromatic heterocycles. The van der Waals surface area contributed by atoms with E-state index >= 15 is 0 Å². The summed E-state index contributed by atoms with van der Waals surface area (Å²) in [5.41, 5.74) is 2.52. The number of aryl methyl sites for hydroxylation is 2. The van der Waals surface area contributed by atoms with Crippen molar-refractivity contribution in [2.75, 3.05) is 17.7 Å². The first-order valence-corrected chi connectivity index (χ1v) is 7.66. The van der Waals surface area contributed by atoms with Crippen LogP contribution < -0.4 is 4.90 Å². The van der Waals surface area contributed by atoms with E-state index in [1.807, 2.05) is 19.9 Å². The van der Waals surface area contributed by atoms with E-state index in [1.54, 1.807) is 18.0 Å². The number of anilines is 1. The molecule has 0 radical (unpaired) electrons. The standard InChI is InChI=1S/C13H17NO4S/c1-8-4-11-12(5-9(8)2)19(17,18)7-10(14(11)3)6-13(15)16/h4-5,10H,6-7H2,1-3H3,(H,15,16). The van der Waals surface area contributed by atoms with Crippen molar-refractivity contribution in [1.82, 2.24) is 0 Å². The molecule has 1 atom stereocenters. The van der Waals surface area contributed by atoms with Crippen molar-refractivity contribution in [2.45, 2.75) is 31.2 Å². The lowest BCUT2D eigenvalue weighted by molar-refractivity contribution is -0.137. The summed E-state index contributed by atoms with van der Waals surface area (Å²) in [5.74, 6) is -1.13. The van der Waals surface area contributed by atoms with Gasteiger partial charge in [-0.15, -0.1) is 0 Å². The highest BCUT2D eigenvalue weighted by atomic mass is 32.2. The third kappa shape index (κ3) is 2.45. The highest BCUT2D eigenvalue weighted by molar-refractivity contribution is 7.91. The van der Waals surface area contributed by atoms with Crippen LogP contribution in [0.4, 0.5) is 5.69 Å². The Morgan fingerprint density at radius 3 is 2.53 bits per heavy atom. The third-order valence-corrected chi connectivity index (χ3v) is 5.48. The van der Waals surface area contributed by atoms with Crippen molar-refractivity contribution in [3.05, 3.63) is 23.3 Å². The van der Waals surface area contributed by atoms with Gasteiger partial charge in [0, 0.05) is 7.05 Å². The molecule has 0 fully saturated rings. The van der Waals surface area contributed by atoms with Gasteiger partial charge < -0.3 is 10.0 Å². The van der Waals surface area contributed by atoms with Gasteiger partial charge in [0.2, 0.25) is 0 Å². The Hall–Kier alpha value is -1.56. The Morgan fingerprint density at radius 1 is 1.37 bits per heavy atom. The van der Waals surface area contributed by atoms with Crippen LogP contribution in [0.2, 0.25) is 0 Å². The fraction of sp³-hybridized carbons (Fsp3) is 0.462. The summed E-state index contributed by atoms with van der Waals surface area (Å²) in [4.78, 5) is 12.9. The first-order chi connectivity index (χ1) is 8.72. The minimum atomic E-state index is -3.41. The molecule has 0 amide bonds. The van der Waals surface area contributed by atoms with E-state index in [9.17, 15) is 13.2 Å². The van der Waals surface area contributed by atoms with E-state index in [4.69, 9.17) is 5.11 Å². The molecule has 19 heavy (non-hydrogen) atoms. The van der Waals surface area contributed by atoms with E-state index < -0.39 is 21.8 Å². The molecule has 1 aliphatic rings. The zero-order chi connectivity index (χ0) is 14.4. The number of benzene rings is 1. The van der Waals surface area contributed by atoms with Gasteiger partial charge in [-0.1, -0.05) is 0 Å². The Balaban J connectivity index is 2.57. The third-order valence-electron chi connectivity index (χ3n) is 3.66. The number of carbonyl (C=O) groups is 1. The van der Waals surface area contributed by atoms with Gasteiger partial charge in [-0.2, -0.15) is 0 Å². The summed E-state index contributed by atoms with van der Waals surface area (Å²) in [7, 11) is -1.67. The van der Waals surface area contributed by atoms with Crippen LogP contribution in [0.25, 0.3) is 0 Å². The molecule has 0 saturated heterocycles. The van der Waals surface area contributed by atoms with Crippen LogP contribution in [0.1, 0.15) is 17.5 Å². The van der Waals surface area contributed by atoms with E-state index in [1.165, 1.54) is 0 Å². The van der Waals surface area contributed by atoms with Gasteiger partial charge in [0.1, 0.15) is 0 Å². The monoisotopic (exact) mass is 283 g/mol. The van der Waals surface area contributed by atoms with Gasteiger partial charge in [0.25, 0.3) is 0 Å². The number of nitrogens with zero attached hydrogens (tertiary/aromatic N) is 1. The van der Waals surface area contributed by atoms with Gasteiger partial charge >= 0.3 is 5.97 Å². The molecule has 0 spiro atoms. The lowest BCUT2D eigenvalue weighted by Crippen LogP contribution is -2.43. The lowest BCUT2D eigenvalue weighted by Gasteiger charge is -2.35. The number of carboxylic acid groups (broad SMARTS) is 1. The van der Waals surface area contributed by atoms with Crippen LogP contribution in [0.3, 0.4) is 0 Å². The van der Waals surface area contributed by atoms with Gasteiger partial charge in [-0.25, -0.2) is 8.42 Å². The molecule has 1 heterocycles. The maximum Gasteiger partial charge on any atom is 0.305 e. The predicted octanol–water partition coefficient (Wildman–Crippen LogP) is 1.37. The van der Waals surface area contributed by atoms with E-state index in [2.05, 4.69) is 0 Å². The van der Waals surface area contributed by atoms with Gasteiger partial charge in [0.15, 0.2) is 9.84 Å². The smallest absolute Gasteiger partial charge is 0.305 e. The molecule has 1 unspecified atom stereocenters. The Morgan fingerprint density at radius 2 is 1.95 bits per heavy atom. The molecular formula is C13H17NO4S. The molecule has 104 valence electrons. The van der Waals surface area contributed by atoms with Crippen molar-refractivity contribution < 1.29 is 18.3 Å². The van der Waals surface area contributed by atoms with Crippen LogP contribution >= 0.6 is 0 Å². The van der Waals surface area contributed by atoms with Crippen LogP contribution in [-0.4, -0.2) is 38.3 Å². The summed E-state index contributed by atoms with van der Waals surface area (Å²) in [5, 5.41) is 8.88. The second-order valence-corrected chi connectivity index (χ2v) is 7.05. The van der Waals surface area contributed by atoms with Crippen LogP contribution in [0.5, 0.6) is 0 Å². The number of hydrogen-bond donors (Lipinski definition) is 1. The quantitative estimate of drug-likeness (QED) is 0.887. The summed E-state index contributed by atoms with van der Waals surface area (Å²) in [6.45, 7) is 3.78. The Kier molecular flexibility index (Phi) is 3.30. The molecule has 0 bridgehead atoms. The average Bonchev–Trinajstić information content (AvgIpc) is 2.27. The number of fused-ring (bicyclic) bond motifs is 1. The highest BCUT2D eigenvalue weighted by Crippen LogP contribution is 2.35. The zero-order valence-corrected chi connectivity index (χ0v) is 12.0. The normalized spacial score (nSPS) is 21.0. The van der Waals surface area contributed by atoms with Crippen LogP contribution in [0, 0.1) is 13.8 Å². The zero-order valence-electron chi connectivity index (χ0n) is 11.2.